The van der Waals surface area contributed by atoms with Crippen molar-refractivity contribution in [3.8, 4) is 11.1 Å². The number of pyridine rings is 2. The molecule has 106 valence electrons. The van der Waals surface area contributed by atoms with Gasteiger partial charge in [0.1, 0.15) is 5.82 Å². The zero-order chi connectivity index (χ0) is 14.8. The Balaban J connectivity index is 2.37. The first kappa shape index (κ1) is 13.5. The largest absolute Gasteiger partial charge is 0.330 e. The number of nitrogens with zero attached hydrogens (tertiary/aromatic N) is 1. The van der Waals surface area contributed by atoms with E-state index in [4.69, 9.17) is 5.73 Å². The predicted molar refractivity (Wildman–Crippen MR) is 81.8 cm³/mol. The molecule has 0 aliphatic rings. The van der Waals surface area contributed by atoms with E-state index in [9.17, 15) is 9.18 Å². The molecule has 21 heavy (non-hydrogen) atoms. The highest BCUT2D eigenvalue weighted by Crippen LogP contribution is 2.22. The zero-order valence-corrected chi connectivity index (χ0v) is 11.4. The van der Waals surface area contributed by atoms with Gasteiger partial charge in [0.25, 0.3) is 5.56 Å². The lowest BCUT2D eigenvalue weighted by molar-refractivity contribution is 0.618. The summed E-state index contributed by atoms with van der Waals surface area (Å²) in [5, 5.41) is 0. The van der Waals surface area contributed by atoms with Crippen LogP contribution in [0.1, 0.15) is 5.56 Å². The smallest absolute Gasteiger partial charge is 0.263 e. The highest BCUT2D eigenvalue weighted by atomic mass is 19.1. The van der Waals surface area contributed by atoms with Gasteiger partial charge in [0.15, 0.2) is 0 Å². The quantitative estimate of drug-likeness (QED) is 0.802. The summed E-state index contributed by atoms with van der Waals surface area (Å²) in [5.41, 5.74) is 8.41. The van der Waals surface area contributed by atoms with Gasteiger partial charge in [-0.15, -0.1) is 0 Å². The normalized spacial score (nSPS) is 11.0. The van der Waals surface area contributed by atoms with Crippen LogP contribution in [-0.4, -0.2) is 10.9 Å². The number of nitrogens with two attached hydrogens (primary N) is 1. The van der Waals surface area contributed by atoms with Gasteiger partial charge in [-0.1, -0.05) is 30.3 Å². The molecular formula is C17H15FN2O. The highest BCUT2D eigenvalue weighted by Gasteiger charge is 2.12. The van der Waals surface area contributed by atoms with Crippen molar-refractivity contribution in [1.29, 1.82) is 0 Å². The first-order valence-corrected chi connectivity index (χ1v) is 6.80. The fourth-order valence-electron chi connectivity index (χ4n) is 2.55. The molecule has 2 heterocycles. The Morgan fingerprint density at radius 2 is 1.86 bits per heavy atom. The molecule has 0 atom stereocenters. The van der Waals surface area contributed by atoms with E-state index in [2.05, 4.69) is 0 Å². The van der Waals surface area contributed by atoms with Gasteiger partial charge < -0.3 is 5.73 Å². The fraction of sp³-hybridized carbons (Fsp3) is 0.118. The Bertz CT molecular complexity index is 841. The molecule has 0 saturated heterocycles. The van der Waals surface area contributed by atoms with Crippen molar-refractivity contribution >= 4 is 5.52 Å². The second-order valence-corrected chi connectivity index (χ2v) is 4.90. The van der Waals surface area contributed by atoms with Crippen LogP contribution in [0.3, 0.4) is 0 Å². The van der Waals surface area contributed by atoms with Gasteiger partial charge in [0.2, 0.25) is 0 Å². The summed E-state index contributed by atoms with van der Waals surface area (Å²) < 4.78 is 14.8. The Morgan fingerprint density at radius 1 is 1.10 bits per heavy atom. The van der Waals surface area contributed by atoms with Crippen LogP contribution in [-0.2, 0) is 6.42 Å². The second-order valence-electron chi connectivity index (χ2n) is 4.90. The van der Waals surface area contributed by atoms with E-state index in [-0.39, 0.29) is 5.56 Å². The third kappa shape index (κ3) is 2.45. The van der Waals surface area contributed by atoms with Gasteiger partial charge in [0.05, 0.1) is 5.56 Å². The van der Waals surface area contributed by atoms with E-state index < -0.39 is 5.82 Å². The predicted octanol–water partition coefficient (Wildman–Crippen LogP) is 2.61. The van der Waals surface area contributed by atoms with Gasteiger partial charge in [0, 0.05) is 11.7 Å². The summed E-state index contributed by atoms with van der Waals surface area (Å²) in [6, 6.07) is 14.3. The molecule has 0 radical (unpaired) electrons. The number of fused-ring (bicyclic) bond motifs is 1. The third-order valence-corrected chi connectivity index (χ3v) is 3.50. The Kier molecular flexibility index (Phi) is 3.54. The van der Waals surface area contributed by atoms with Crippen LogP contribution in [0.4, 0.5) is 4.39 Å². The van der Waals surface area contributed by atoms with E-state index in [1.54, 1.807) is 6.07 Å². The van der Waals surface area contributed by atoms with Gasteiger partial charge in [-0.3, -0.25) is 9.20 Å². The minimum atomic E-state index is -0.435. The van der Waals surface area contributed by atoms with Crippen LogP contribution in [0.5, 0.6) is 0 Å². The average molecular weight is 282 g/mol. The topological polar surface area (TPSA) is 47.5 Å². The number of hydrogen-bond donors (Lipinski definition) is 1. The molecule has 3 rings (SSSR count). The molecular weight excluding hydrogens is 267 g/mol. The molecule has 0 aliphatic heterocycles. The number of benzene rings is 1. The maximum atomic E-state index is 13.4. The molecule has 0 spiro atoms. The number of halogens is 1. The van der Waals surface area contributed by atoms with E-state index in [0.717, 1.165) is 11.1 Å². The standard InChI is InChI=1S/C17H15FN2O/c18-14-6-7-15-10-13(8-9-19)16(17(21)20(15)11-14)12-4-2-1-3-5-12/h1-7,10-11H,8-9,19H2. The maximum absolute atomic E-state index is 13.4. The highest BCUT2D eigenvalue weighted by molar-refractivity contribution is 5.69. The molecule has 0 bridgehead atoms. The lowest BCUT2D eigenvalue weighted by atomic mass is 9.98. The van der Waals surface area contributed by atoms with Gasteiger partial charge in [-0.2, -0.15) is 0 Å². The molecule has 4 heteroatoms. The molecule has 0 saturated carbocycles. The van der Waals surface area contributed by atoms with Gasteiger partial charge >= 0.3 is 0 Å². The van der Waals surface area contributed by atoms with Crippen LogP contribution in [0.25, 0.3) is 16.6 Å². The average Bonchev–Trinajstić information content (AvgIpc) is 2.50. The Labute approximate surface area is 121 Å². The zero-order valence-electron chi connectivity index (χ0n) is 11.4. The van der Waals surface area contributed by atoms with Gasteiger partial charge in [-0.05, 0) is 42.3 Å². The minimum absolute atomic E-state index is 0.221. The summed E-state index contributed by atoms with van der Waals surface area (Å²) in [5.74, 6) is -0.435. The van der Waals surface area contributed by atoms with Crippen molar-refractivity contribution in [3.63, 3.8) is 0 Å². The molecule has 3 aromatic rings. The van der Waals surface area contributed by atoms with Crippen molar-refractivity contribution < 1.29 is 4.39 Å². The molecule has 1 aromatic carbocycles. The van der Waals surface area contributed by atoms with Crippen molar-refractivity contribution in [1.82, 2.24) is 4.40 Å². The molecule has 0 unspecified atom stereocenters. The van der Waals surface area contributed by atoms with Crippen LogP contribution in [0.15, 0.2) is 59.5 Å². The molecule has 2 aromatic heterocycles. The van der Waals surface area contributed by atoms with E-state index in [1.807, 2.05) is 36.4 Å². The first-order valence-electron chi connectivity index (χ1n) is 6.80. The second kappa shape index (κ2) is 5.50. The summed E-state index contributed by atoms with van der Waals surface area (Å²) in [4.78, 5) is 12.7. The third-order valence-electron chi connectivity index (χ3n) is 3.50. The maximum Gasteiger partial charge on any atom is 0.263 e. The molecule has 2 N–H and O–H groups in total. The van der Waals surface area contributed by atoms with Crippen molar-refractivity contribution in [3.05, 3.63) is 76.5 Å². The number of rotatable bonds is 3. The SMILES string of the molecule is NCCc1cc2ccc(F)cn2c(=O)c1-c1ccccc1. The van der Waals surface area contributed by atoms with Crippen LogP contribution in [0.2, 0.25) is 0 Å². The summed E-state index contributed by atoms with van der Waals surface area (Å²) in [6.45, 7) is 0.455. The van der Waals surface area contributed by atoms with Crippen molar-refractivity contribution in [2.24, 2.45) is 5.73 Å². The number of aromatic nitrogens is 1. The van der Waals surface area contributed by atoms with Crippen LogP contribution < -0.4 is 11.3 Å². The lowest BCUT2D eigenvalue weighted by Gasteiger charge is -2.11. The lowest BCUT2D eigenvalue weighted by Crippen LogP contribution is -2.19. The van der Waals surface area contributed by atoms with Crippen LogP contribution in [0, 0.1) is 5.82 Å². The molecule has 0 amide bonds. The van der Waals surface area contributed by atoms with Gasteiger partial charge in [-0.25, -0.2) is 4.39 Å². The van der Waals surface area contributed by atoms with Crippen LogP contribution >= 0.6 is 0 Å². The van der Waals surface area contributed by atoms with E-state index >= 15 is 0 Å². The Hall–Kier alpha value is -2.46. The minimum Gasteiger partial charge on any atom is -0.330 e. The Morgan fingerprint density at radius 3 is 2.57 bits per heavy atom. The molecule has 0 fully saturated rings. The van der Waals surface area contributed by atoms with E-state index in [0.29, 0.717) is 24.0 Å². The van der Waals surface area contributed by atoms with Crippen molar-refractivity contribution in [2.45, 2.75) is 6.42 Å². The van der Waals surface area contributed by atoms with Crippen molar-refractivity contribution in [2.75, 3.05) is 6.54 Å². The summed E-state index contributed by atoms with van der Waals surface area (Å²) >= 11 is 0. The van der Waals surface area contributed by atoms with E-state index in [1.165, 1.54) is 16.7 Å². The summed E-state index contributed by atoms with van der Waals surface area (Å²) in [7, 11) is 0. The molecule has 3 nitrogen and oxygen atoms in total. The first-order chi connectivity index (χ1) is 10.2. The number of hydrogen-bond acceptors (Lipinski definition) is 2. The summed E-state index contributed by atoms with van der Waals surface area (Å²) in [6.07, 6.45) is 1.82. The molecule has 0 aliphatic carbocycles. The monoisotopic (exact) mass is 282 g/mol. The fourth-order valence-corrected chi connectivity index (χ4v) is 2.55.